The standard InChI is InChI=1S/C30H51N5O14/c31-7-14-20(39)21(40)17(34)28(44-14)48-26-16(9-37)46-30(23(26)42)49-27-19(38)12(32)6-13(33)24(27)47-29-18(35)22(41)25(15(8-36)45-29)43-10-11-4-2-1-3-5-11/h1-5,12-30,36-42H,6-10,31-35H2. The van der Waals surface area contributed by atoms with Crippen molar-refractivity contribution in [2.24, 2.45) is 28.7 Å². The topological polar surface area (TPSA) is 336 Å². The molecule has 1 aromatic carbocycles. The van der Waals surface area contributed by atoms with Crippen LogP contribution in [0.4, 0.5) is 0 Å². The average Bonchev–Trinajstić information content (AvgIpc) is 3.39. The van der Waals surface area contributed by atoms with E-state index in [1.54, 1.807) is 0 Å². The van der Waals surface area contributed by atoms with Gasteiger partial charge in [-0.1, -0.05) is 30.3 Å². The van der Waals surface area contributed by atoms with Crippen LogP contribution in [-0.4, -0.2) is 172 Å². The van der Waals surface area contributed by atoms with Gasteiger partial charge in [0.25, 0.3) is 0 Å². The van der Waals surface area contributed by atoms with Crippen LogP contribution in [-0.2, 0) is 39.8 Å². The van der Waals surface area contributed by atoms with Gasteiger partial charge >= 0.3 is 0 Å². The van der Waals surface area contributed by atoms with E-state index in [2.05, 4.69) is 0 Å². The summed E-state index contributed by atoms with van der Waals surface area (Å²) < 4.78 is 41.2. The van der Waals surface area contributed by atoms with Crippen molar-refractivity contribution in [3.8, 4) is 0 Å². The monoisotopic (exact) mass is 705 g/mol. The third kappa shape index (κ3) is 8.26. The summed E-state index contributed by atoms with van der Waals surface area (Å²) in [6.45, 7) is -1.25. The molecule has 49 heavy (non-hydrogen) atoms. The zero-order valence-corrected chi connectivity index (χ0v) is 26.8. The van der Waals surface area contributed by atoms with E-state index >= 15 is 0 Å². The second kappa shape index (κ2) is 16.9. The van der Waals surface area contributed by atoms with E-state index in [9.17, 15) is 35.7 Å². The van der Waals surface area contributed by atoms with Crippen LogP contribution < -0.4 is 28.7 Å². The van der Waals surface area contributed by atoms with Crippen LogP contribution in [0.25, 0.3) is 0 Å². The fraction of sp³-hybridized carbons (Fsp3) is 0.800. The Hall–Kier alpha value is -1.54. The first-order valence-electron chi connectivity index (χ1n) is 16.3. The molecule has 19 atom stereocenters. The fourth-order valence-corrected chi connectivity index (χ4v) is 6.66. The van der Waals surface area contributed by atoms with E-state index < -0.39 is 129 Å². The molecule has 1 saturated carbocycles. The van der Waals surface area contributed by atoms with Crippen molar-refractivity contribution >= 4 is 0 Å². The minimum Gasteiger partial charge on any atom is -0.394 e. The van der Waals surface area contributed by atoms with Crippen molar-refractivity contribution in [3.63, 3.8) is 0 Å². The molecule has 17 N–H and O–H groups in total. The van der Waals surface area contributed by atoms with Crippen molar-refractivity contribution in [3.05, 3.63) is 35.9 Å². The molecule has 0 amide bonds. The molecule has 19 nitrogen and oxygen atoms in total. The van der Waals surface area contributed by atoms with Crippen molar-refractivity contribution in [1.82, 2.24) is 0 Å². The highest BCUT2D eigenvalue weighted by Crippen LogP contribution is 2.34. The van der Waals surface area contributed by atoms with Crippen LogP contribution in [0.2, 0.25) is 0 Å². The van der Waals surface area contributed by atoms with E-state index in [1.165, 1.54) is 0 Å². The Morgan fingerprint density at radius 2 is 1.14 bits per heavy atom. The lowest BCUT2D eigenvalue weighted by atomic mass is 9.84. The summed E-state index contributed by atoms with van der Waals surface area (Å²) >= 11 is 0. The molecule has 0 radical (unpaired) electrons. The third-order valence-corrected chi connectivity index (χ3v) is 9.58. The van der Waals surface area contributed by atoms with Crippen LogP contribution in [0.1, 0.15) is 12.0 Å². The Labute approximate surface area is 282 Å². The maximum absolute atomic E-state index is 11.2. The molecule has 5 rings (SSSR count). The molecule has 4 fully saturated rings. The Morgan fingerprint density at radius 3 is 1.78 bits per heavy atom. The van der Waals surface area contributed by atoms with E-state index in [4.69, 9.17) is 61.8 Å². The Balaban J connectivity index is 1.28. The van der Waals surface area contributed by atoms with Gasteiger partial charge in [-0.15, -0.1) is 0 Å². The van der Waals surface area contributed by atoms with E-state index in [0.29, 0.717) is 0 Å². The predicted molar refractivity (Wildman–Crippen MR) is 165 cm³/mol. The summed E-state index contributed by atoms with van der Waals surface area (Å²) in [6, 6.07) is 4.99. The highest BCUT2D eigenvalue weighted by atomic mass is 16.8. The maximum atomic E-state index is 11.2. The second-order valence-electron chi connectivity index (χ2n) is 13.0. The third-order valence-electron chi connectivity index (χ3n) is 9.58. The molecule has 19 unspecified atom stereocenters. The zero-order chi connectivity index (χ0) is 35.6. The molecule has 1 aliphatic carbocycles. The zero-order valence-electron chi connectivity index (χ0n) is 26.8. The van der Waals surface area contributed by atoms with Gasteiger partial charge in [-0.2, -0.15) is 0 Å². The molecule has 3 saturated heterocycles. The molecule has 19 heteroatoms. The first-order chi connectivity index (χ1) is 23.4. The number of aliphatic hydroxyl groups is 7. The van der Waals surface area contributed by atoms with Gasteiger partial charge in [0, 0.05) is 18.6 Å². The molecular formula is C30H51N5O14. The predicted octanol–water partition coefficient (Wildman–Crippen LogP) is -6.64. The largest absolute Gasteiger partial charge is 0.394 e. The minimum absolute atomic E-state index is 0.0783. The quantitative estimate of drug-likeness (QED) is 0.0961. The van der Waals surface area contributed by atoms with E-state index in [1.807, 2.05) is 30.3 Å². The average molecular weight is 706 g/mol. The van der Waals surface area contributed by atoms with Crippen LogP contribution >= 0.6 is 0 Å². The van der Waals surface area contributed by atoms with Crippen molar-refractivity contribution in [2.45, 2.75) is 129 Å². The molecule has 4 aliphatic rings. The molecule has 1 aromatic rings. The maximum Gasteiger partial charge on any atom is 0.187 e. The van der Waals surface area contributed by atoms with Gasteiger partial charge in [0.2, 0.25) is 0 Å². The summed E-state index contributed by atoms with van der Waals surface area (Å²) in [6.07, 6.45) is -19.6. The second-order valence-corrected chi connectivity index (χ2v) is 13.0. The highest BCUT2D eigenvalue weighted by Gasteiger charge is 2.54. The van der Waals surface area contributed by atoms with Crippen molar-refractivity contribution in [2.75, 3.05) is 19.8 Å². The van der Waals surface area contributed by atoms with Gasteiger partial charge < -0.3 is 97.6 Å². The number of benzene rings is 1. The SMILES string of the molecule is NCC1OC(OC2C(CO)OC(OC3C(O)C(N)CC(N)C3OC3OC(CO)C(OCc4ccccc4)C(O)C3N)C2O)C(N)C(O)C1O. The van der Waals surface area contributed by atoms with Crippen LogP contribution in [0, 0.1) is 0 Å². The molecule has 3 heterocycles. The number of nitrogens with two attached hydrogens (primary N) is 5. The molecule has 0 bridgehead atoms. The van der Waals surface area contributed by atoms with Gasteiger partial charge in [0.1, 0.15) is 67.1 Å². The summed E-state index contributed by atoms with van der Waals surface area (Å²) in [5.41, 5.74) is 31.4. The van der Waals surface area contributed by atoms with Gasteiger partial charge in [-0.3, -0.25) is 0 Å². The summed E-state index contributed by atoms with van der Waals surface area (Å²) in [4.78, 5) is 0. The van der Waals surface area contributed by atoms with Gasteiger partial charge in [-0.05, 0) is 12.0 Å². The highest BCUT2D eigenvalue weighted by molar-refractivity contribution is 5.13. The first kappa shape index (κ1) is 38.7. The van der Waals surface area contributed by atoms with Gasteiger partial charge in [0.05, 0.1) is 38.0 Å². The van der Waals surface area contributed by atoms with E-state index in [0.717, 1.165) is 5.56 Å². The number of hydrogen-bond donors (Lipinski definition) is 12. The van der Waals surface area contributed by atoms with Gasteiger partial charge in [-0.25, -0.2) is 0 Å². The lowest BCUT2D eigenvalue weighted by molar-refractivity contribution is -0.315. The number of rotatable bonds is 12. The summed E-state index contributed by atoms with van der Waals surface area (Å²) in [5.74, 6) is 0. The normalized spacial score (nSPS) is 47.7. The Kier molecular flexibility index (Phi) is 13.3. The fourth-order valence-electron chi connectivity index (χ4n) is 6.66. The Morgan fingerprint density at radius 1 is 0.592 bits per heavy atom. The molecule has 280 valence electrons. The molecule has 3 aliphatic heterocycles. The number of hydrogen-bond acceptors (Lipinski definition) is 19. The smallest absolute Gasteiger partial charge is 0.187 e. The number of ether oxygens (including phenoxy) is 7. The minimum atomic E-state index is -1.62. The molecule has 0 aromatic heterocycles. The van der Waals surface area contributed by atoms with Gasteiger partial charge in [0.15, 0.2) is 18.9 Å². The first-order valence-corrected chi connectivity index (χ1v) is 16.3. The van der Waals surface area contributed by atoms with E-state index in [-0.39, 0.29) is 19.6 Å². The van der Waals surface area contributed by atoms with Crippen LogP contribution in [0.5, 0.6) is 0 Å². The summed E-state index contributed by atoms with van der Waals surface area (Å²) in [7, 11) is 0. The Bertz CT molecular complexity index is 1160. The lowest BCUT2D eigenvalue weighted by Crippen LogP contribution is -2.68. The number of aliphatic hydroxyl groups excluding tert-OH is 7. The lowest BCUT2D eigenvalue weighted by Gasteiger charge is -2.47. The molecule has 0 spiro atoms. The van der Waals surface area contributed by atoms with Crippen molar-refractivity contribution in [1.29, 1.82) is 0 Å². The summed E-state index contributed by atoms with van der Waals surface area (Å²) in [5, 5.41) is 74.2. The van der Waals surface area contributed by atoms with Crippen molar-refractivity contribution < 1.29 is 68.9 Å². The molecular weight excluding hydrogens is 654 g/mol. The van der Waals surface area contributed by atoms with Crippen LogP contribution in [0.15, 0.2) is 30.3 Å². The van der Waals surface area contributed by atoms with Crippen LogP contribution in [0.3, 0.4) is 0 Å².